The molecular formula is C11H14N6O3. The molecule has 106 valence electrons. The number of nitrogens with zero attached hydrogens (tertiary/aromatic N) is 5. The van der Waals surface area contributed by atoms with Gasteiger partial charge in [-0.15, -0.1) is 10.2 Å². The van der Waals surface area contributed by atoms with Gasteiger partial charge < -0.3 is 10.1 Å². The molecule has 0 aliphatic carbocycles. The van der Waals surface area contributed by atoms with Crippen LogP contribution in [0.3, 0.4) is 0 Å². The Balaban J connectivity index is 2.15. The summed E-state index contributed by atoms with van der Waals surface area (Å²) >= 11 is 0. The van der Waals surface area contributed by atoms with Crippen molar-refractivity contribution in [1.29, 1.82) is 0 Å². The van der Waals surface area contributed by atoms with Crippen molar-refractivity contribution >= 4 is 5.69 Å². The highest BCUT2D eigenvalue weighted by molar-refractivity contribution is 5.48. The summed E-state index contributed by atoms with van der Waals surface area (Å²) in [5.74, 6) is 0.545. The van der Waals surface area contributed by atoms with Crippen LogP contribution in [0.25, 0.3) is 0 Å². The van der Waals surface area contributed by atoms with Crippen molar-refractivity contribution in [3.63, 3.8) is 0 Å². The van der Waals surface area contributed by atoms with Gasteiger partial charge in [0.05, 0.1) is 12.0 Å². The van der Waals surface area contributed by atoms with Gasteiger partial charge in [-0.3, -0.25) is 10.1 Å². The van der Waals surface area contributed by atoms with E-state index in [-0.39, 0.29) is 18.0 Å². The minimum Gasteiger partial charge on any atom is -0.478 e. The Morgan fingerprint density at radius 3 is 2.90 bits per heavy atom. The molecule has 9 nitrogen and oxygen atoms in total. The number of rotatable bonds is 6. The first-order valence-electron chi connectivity index (χ1n) is 5.87. The van der Waals surface area contributed by atoms with Gasteiger partial charge >= 0.3 is 5.69 Å². The number of nitro groups is 1. The van der Waals surface area contributed by atoms with E-state index in [4.69, 9.17) is 4.74 Å². The Labute approximate surface area is 114 Å². The molecule has 0 amide bonds. The van der Waals surface area contributed by atoms with Crippen molar-refractivity contribution in [3.8, 4) is 5.75 Å². The molecule has 9 heteroatoms. The van der Waals surface area contributed by atoms with Gasteiger partial charge in [-0.25, -0.2) is 0 Å². The molecule has 2 rings (SSSR count). The Kier molecular flexibility index (Phi) is 4.20. The first-order valence-corrected chi connectivity index (χ1v) is 5.87. The Hall–Kier alpha value is -2.55. The van der Waals surface area contributed by atoms with Gasteiger partial charge in [0.25, 0.3) is 0 Å². The van der Waals surface area contributed by atoms with Crippen LogP contribution in [0.2, 0.25) is 0 Å². The van der Waals surface area contributed by atoms with Gasteiger partial charge in [-0.1, -0.05) is 6.07 Å². The predicted molar refractivity (Wildman–Crippen MR) is 69.0 cm³/mol. The molecule has 1 aromatic heterocycles. The van der Waals surface area contributed by atoms with Crippen molar-refractivity contribution in [1.82, 2.24) is 25.5 Å². The summed E-state index contributed by atoms with van der Waals surface area (Å²) in [4.78, 5) is 11.9. The lowest BCUT2D eigenvalue weighted by Crippen LogP contribution is -2.06. The smallest absolute Gasteiger partial charge is 0.311 e. The molecule has 0 atom stereocenters. The van der Waals surface area contributed by atoms with E-state index in [0.29, 0.717) is 12.4 Å². The van der Waals surface area contributed by atoms with Crippen molar-refractivity contribution in [2.45, 2.75) is 13.2 Å². The molecule has 0 spiro atoms. The minimum absolute atomic E-state index is 0.0278. The average Bonchev–Trinajstić information content (AvgIpc) is 2.83. The summed E-state index contributed by atoms with van der Waals surface area (Å²) in [5.41, 5.74) is 0.728. The number of tetrazole rings is 1. The van der Waals surface area contributed by atoms with E-state index in [9.17, 15) is 10.1 Å². The predicted octanol–water partition coefficient (Wildman–Crippen LogP) is 0.417. The van der Waals surface area contributed by atoms with Crippen LogP contribution in [-0.4, -0.2) is 32.2 Å². The number of ether oxygens (including phenoxy) is 1. The Bertz CT molecular complexity index is 612. The lowest BCUT2D eigenvalue weighted by atomic mass is 10.2. The second-order valence-corrected chi connectivity index (χ2v) is 4.07. The average molecular weight is 278 g/mol. The van der Waals surface area contributed by atoms with E-state index >= 15 is 0 Å². The highest BCUT2D eigenvalue weighted by atomic mass is 16.6. The number of nitro benzene ring substituents is 1. The summed E-state index contributed by atoms with van der Waals surface area (Å²) in [5, 5.41) is 25.3. The fraction of sp³-hybridized carbons (Fsp3) is 0.364. The lowest BCUT2D eigenvalue weighted by molar-refractivity contribution is -0.386. The van der Waals surface area contributed by atoms with Crippen LogP contribution < -0.4 is 10.1 Å². The third-order valence-corrected chi connectivity index (χ3v) is 2.51. The van der Waals surface area contributed by atoms with Crippen molar-refractivity contribution in [3.05, 3.63) is 39.7 Å². The molecule has 1 N–H and O–H groups in total. The molecule has 0 saturated carbocycles. The zero-order chi connectivity index (χ0) is 14.5. The Morgan fingerprint density at radius 1 is 1.50 bits per heavy atom. The van der Waals surface area contributed by atoms with Crippen LogP contribution in [0.15, 0.2) is 18.2 Å². The summed E-state index contributed by atoms with van der Waals surface area (Å²) in [7, 11) is 3.40. The van der Waals surface area contributed by atoms with Gasteiger partial charge in [-0.2, -0.15) is 4.80 Å². The van der Waals surface area contributed by atoms with Crippen molar-refractivity contribution in [2.75, 3.05) is 7.05 Å². The molecular weight excluding hydrogens is 264 g/mol. The van der Waals surface area contributed by atoms with Crippen LogP contribution in [0.4, 0.5) is 5.69 Å². The van der Waals surface area contributed by atoms with Gasteiger partial charge in [0.2, 0.25) is 5.82 Å². The number of nitrogens with one attached hydrogen (secondary N) is 1. The lowest BCUT2D eigenvalue weighted by Gasteiger charge is -2.06. The quantitative estimate of drug-likeness (QED) is 0.602. The summed E-state index contributed by atoms with van der Waals surface area (Å²) in [6, 6.07) is 4.82. The second kappa shape index (κ2) is 6.06. The van der Waals surface area contributed by atoms with Crippen LogP contribution in [0.1, 0.15) is 11.4 Å². The zero-order valence-electron chi connectivity index (χ0n) is 11.1. The fourth-order valence-electron chi connectivity index (χ4n) is 1.67. The van der Waals surface area contributed by atoms with E-state index in [2.05, 4.69) is 20.7 Å². The first-order chi connectivity index (χ1) is 9.60. The normalized spacial score (nSPS) is 10.5. The van der Waals surface area contributed by atoms with E-state index in [1.165, 1.54) is 10.9 Å². The molecule has 0 fully saturated rings. The number of aryl methyl sites for hydroxylation is 1. The number of hydrogen-bond donors (Lipinski definition) is 1. The monoisotopic (exact) mass is 278 g/mol. The van der Waals surface area contributed by atoms with Crippen molar-refractivity contribution in [2.24, 2.45) is 7.05 Å². The number of aromatic nitrogens is 4. The maximum Gasteiger partial charge on any atom is 0.311 e. The topological polar surface area (TPSA) is 108 Å². The molecule has 1 heterocycles. The van der Waals surface area contributed by atoms with Crippen LogP contribution in [0, 0.1) is 10.1 Å². The molecule has 2 aromatic rings. The van der Waals surface area contributed by atoms with Gasteiger partial charge in [-0.05, 0) is 23.9 Å². The molecule has 0 radical (unpaired) electrons. The molecule has 0 saturated heterocycles. The van der Waals surface area contributed by atoms with Crippen LogP contribution >= 0.6 is 0 Å². The fourth-order valence-corrected chi connectivity index (χ4v) is 1.67. The molecule has 0 unspecified atom stereocenters. The second-order valence-electron chi connectivity index (χ2n) is 4.07. The summed E-state index contributed by atoms with van der Waals surface area (Å²) in [6.45, 7) is 0.576. The number of hydrogen-bond acceptors (Lipinski definition) is 7. The van der Waals surface area contributed by atoms with E-state index in [1.54, 1.807) is 26.2 Å². The van der Waals surface area contributed by atoms with E-state index in [0.717, 1.165) is 5.56 Å². The summed E-state index contributed by atoms with van der Waals surface area (Å²) < 4.78 is 5.39. The first kappa shape index (κ1) is 13.9. The molecule has 0 bridgehead atoms. The molecule has 0 aliphatic heterocycles. The highest BCUT2D eigenvalue weighted by Crippen LogP contribution is 2.28. The highest BCUT2D eigenvalue weighted by Gasteiger charge is 2.16. The molecule has 20 heavy (non-hydrogen) atoms. The van der Waals surface area contributed by atoms with E-state index < -0.39 is 4.92 Å². The van der Waals surface area contributed by atoms with Crippen molar-refractivity contribution < 1.29 is 9.66 Å². The van der Waals surface area contributed by atoms with Gasteiger partial charge in [0.15, 0.2) is 12.4 Å². The zero-order valence-corrected chi connectivity index (χ0v) is 11.1. The molecule has 0 aliphatic rings. The third kappa shape index (κ3) is 3.26. The van der Waals surface area contributed by atoms with Crippen LogP contribution in [0.5, 0.6) is 5.75 Å². The SMILES string of the molecule is CNCc1ccc(OCc2nnn(C)n2)c([N+](=O)[O-])c1. The largest absolute Gasteiger partial charge is 0.478 e. The standard InChI is InChI=1S/C11H14N6O3/c1-12-6-8-3-4-10(9(5-8)17(18)19)20-7-11-13-15-16(2)14-11/h3-5,12H,6-7H2,1-2H3. The Morgan fingerprint density at radius 2 is 2.30 bits per heavy atom. The maximum absolute atomic E-state index is 11.1. The minimum atomic E-state index is -0.474. The molecule has 1 aromatic carbocycles. The number of benzene rings is 1. The van der Waals surface area contributed by atoms with Crippen LogP contribution in [-0.2, 0) is 20.2 Å². The van der Waals surface area contributed by atoms with Gasteiger partial charge in [0, 0.05) is 12.6 Å². The van der Waals surface area contributed by atoms with Gasteiger partial charge in [0.1, 0.15) is 0 Å². The maximum atomic E-state index is 11.1. The van der Waals surface area contributed by atoms with E-state index in [1.807, 2.05) is 0 Å². The summed E-state index contributed by atoms with van der Waals surface area (Å²) in [6.07, 6.45) is 0. The third-order valence-electron chi connectivity index (χ3n) is 2.51.